The first-order valence-electron chi connectivity index (χ1n) is 7.28. The molecule has 1 heterocycles. The van der Waals surface area contributed by atoms with Crippen LogP contribution in [0.2, 0.25) is 0 Å². The quantitative estimate of drug-likeness (QED) is 0.313. The number of hydrogen-bond acceptors (Lipinski definition) is 6. The van der Waals surface area contributed by atoms with Crippen molar-refractivity contribution in [1.82, 2.24) is 4.57 Å². The Morgan fingerprint density at radius 1 is 1.03 bits per heavy atom. The highest BCUT2D eigenvalue weighted by Gasteiger charge is 2.43. The molecule has 1 aromatic rings. The van der Waals surface area contributed by atoms with E-state index < -0.39 is 37.2 Å². The third-order valence-corrected chi connectivity index (χ3v) is 3.80. The lowest BCUT2D eigenvalue weighted by atomic mass is 10.4. The molecule has 0 bridgehead atoms. The largest absolute Gasteiger partial charge is 0.511 e. The number of aliphatic hydroxyl groups excluding tert-OH is 2. The number of nitrogens with zero attached hydrogens (tertiary/aromatic N) is 2. The number of sulfonamides is 2. The van der Waals surface area contributed by atoms with Crippen LogP contribution < -0.4 is 14.8 Å². The van der Waals surface area contributed by atoms with Gasteiger partial charge >= 0.3 is 31.1 Å². The average Bonchev–Trinajstić information content (AvgIpc) is 2.92. The van der Waals surface area contributed by atoms with Crippen LogP contribution in [0.4, 0.5) is 26.3 Å². The smallest absolute Gasteiger partial charge is 0.394 e. The predicted octanol–water partition coefficient (Wildman–Crippen LogP) is -0.872. The highest BCUT2D eigenvalue weighted by molar-refractivity contribution is 7.90. The lowest BCUT2D eigenvalue weighted by molar-refractivity contribution is -0.703. The molecule has 0 aliphatic rings. The van der Waals surface area contributed by atoms with E-state index >= 15 is 0 Å². The molecule has 174 valence electrons. The van der Waals surface area contributed by atoms with E-state index in [2.05, 4.69) is 21.8 Å². The van der Waals surface area contributed by atoms with Crippen LogP contribution in [-0.2, 0) is 33.1 Å². The molecule has 1 aromatic heterocycles. The number of hydrogen-bond donors (Lipinski definition) is 4. The van der Waals surface area contributed by atoms with Crippen molar-refractivity contribution >= 4 is 20.0 Å². The number of alkyl halides is 6. The van der Waals surface area contributed by atoms with Crippen LogP contribution in [0, 0.1) is 0 Å². The Kier molecular flexibility index (Phi) is 11.9. The fraction of sp³-hybridized carbons (Fsp3) is 0.727. The summed E-state index contributed by atoms with van der Waals surface area (Å²) in [4.78, 5) is 0. The highest BCUT2D eigenvalue weighted by Crippen LogP contribution is 2.19. The molecule has 1 atom stereocenters. The molecule has 10 nitrogen and oxygen atoms in total. The van der Waals surface area contributed by atoms with E-state index in [4.69, 9.17) is 5.11 Å². The molecule has 0 radical (unpaired) electrons. The second-order valence-electron chi connectivity index (χ2n) is 5.17. The van der Waals surface area contributed by atoms with Gasteiger partial charge in [-0.2, -0.15) is 26.3 Å². The molecule has 0 aliphatic carbocycles. The fourth-order valence-corrected chi connectivity index (χ4v) is 1.24. The molecule has 6 N–H and O–H groups in total. The molecule has 29 heavy (non-hydrogen) atoms. The van der Waals surface area contributed by atoms with Crippen LogP contribution in [0.1, 0.15) is 13.3 Å². The van der Waals surface area contributed by atoms with Gasteiger partial charge in [0.1, 0.15) is 25.0 Å². The maximum atomic E-state index is 10.8. The summed E-state index contributed by atoms with van der Waals surface area (Å²) in [5, 5.41) is 25.1. The Balaban J connectivity index is 0. The molecular formula is C11H21F6N4O6S2+. The molecule has 1 rings (SSSR count). The van der Waals surface area contributed by atoms with E-state index in [1.807, 2.05) is 23.3 Å². The molecule has 0 aromatic carbocycles. The number of primary sulfonamides is 2. The number of aliphatic hydroxyl groups is 2. The van der Waals surface area contributed by atoms with Gasteiger partial charge in [-0.05, 0) is 6.42 Å². The molecule has 1 unspecified atom stereocenters. The lowest BCUT2D eigenvalue weighted by Crippen LogP contribution is -2.39. The minimum atomic E-state index is -5.34. The summed E-state index contributed by atoms with van der Waals surface area (Å²) in [5.74, 6) is 0. The fourth-order valence-electron chi connectivity index (χ4n) is 1.24. The van der Waals surface area contributed by atoms with Crippen molar-refractivity contribution in [3.63, 3.8) is 0 Å². The molecule has 0 spiro atoms. The van der Waals surface area contributed by atoms with Crippen molar-refractivity contribution < 1.29 is 58.0 Å². The Morgan fingerprint density at radius 3 is 1.69 bits per heavy atom. The topological polar surface area (TPSA) is 170 Å². The second-order valence-corrected chi connectivity index (χ2v) is 8.27. The summed E-state index contributed by atoms with van der Waals surface area (Å²) in [6.07, 6.45) is 6.23. The van der Waals surface area contributed by atoms with E-state index in [0.29, 0.717) is 6.54 Å². The van der Waals surface area contributed by atoms with Crippen molar-refractivity contribution in [2.75, 3.05) is 6.61 Å². The first kappa shape index (κ1) is 29.7. The van der Waals surface area contributed by atoms with E-state index in [9.17, 15) is 48.3 Å². The van der Waals surface area contributed by atoms with Crippen molar-refractivity contribution in [2.24, 2.45) is 10.3 Å². The SMILES string of the molecule is CCCn1cc[n+](CC(O)CO)c1.NS(=O)(=O)C(F)(F)F.NS(=O)(=O)C(F)(F)F. The number of rotatable bonds is 5. The van der Waals surface area contributed by atoms with Crippen molar-refractivity contribution in [3.8, 4) is 0 Å². The monoisotopic (exact) mass is 483 g/mol. The zero-order chi connectivity index (χ0) is 23.7. The Bertz CT molecular complexity index is 765. The molecule has 0 amide bonds. The maximum absolute atomic E-state index is 10.8. The van der Waals surface area contributed by atoms with Crippen LogP contribution in [0.15, 0.2) is 18.7 Å². The molecule has 18 heteroatoms. The Labute approximate surface area is 162 Å². The van der Waals surface area contributed by atoms with E-state index in [1.165, 1.54) is 0 Å². The van der Waals surface area contributed by atoms with Gasteiger partial charge in [0.25, 0.3) is 0 Å². The Morgan fingerprint density at radius 2 is 1.41 bits per heavy atom. The summed E-state index contributed by atoms with van der Waals surface area (Å²) in [6.45, 7) is 3.37. The minimum absolute atomic E-state index is 0.189. The van der Waals surface area contributed by atoms with Gasteiger partial charge < -0.3 is 10.2 Å². The summed E-state index contributed by atoms with van der Waals surface area (Å²) in [7, 11) is -10.7. The zero-order valence-corrected chi connectivity index (χ0v) is 16.4. The second kappa shape index (κ2) is 11.6. The first-order chi connectivity index (χ1) is 12.8. The van der Waals surface area contributed by atoms with Gasteiger partial charge in [-0.15, -0.1) is 0 Å². The average molecular weight is 483 g/mol. The van der Waals surface area contributed by atoms with Gasteiger partial charge in [-0.25, -0.2) is 36.2 Å². The summed E-state index contributed by atoms with van der Waals surface area (Å²) >= 11 is 0. The normalized spacial score (nSPS) is 13.6. The van der Waals surface area contributed by atoms with Crippen LogP contribution in [-0.4, -0.2) is 55.3 Å². The minimum Gasteiger partial charge on any atom is -0.394 e. The number of halogens is 6. The van der Waals surface area contributed by atoms with Crippen LogP contribution in [0.5, 0.6) is 0 Å². The summed E-state index contributed by atoms with van der Waals surface area (Å²) in [5.41, 5.74) is -10.6. The van der Waals surface area contributed by atoms with Crippen LogP contribution in [0.3, 0.4) is 0 Å². The molecule has 0 aliphatic heterocycles. The number of aryl methyl sites for hydroxylation is 1. The van der Waals surface area contributed by atoms with Gasteiger partial charge in [-0.3, -0.25) is 0 Å². The summed E-state index contributed by atoms with van der Waals surface area (Å²) in [6, 6.07) is 0. The van der Waals surface area contributed by atoms with Gasteiger partial charge in [0.15, 0.2) is 0 Å². The van der Waals surface area contributed by atoms with E-state index in [1.54, 1.807) is 0 Å². The predicted molar refractivity (Wildman–Crippen MR) is 86.3 cm³/mol. The first-order valence-corrected chi connectivity index (χ1v) is 10.4. The van der Waals surface area contributed by atoms with Gasteiger partial charge in [-0.1, -0.05) is 6.92 Å². The van der Waals surface area contributed by atoms with Gasteiger partial charge in [0, 0.05) is 0 Å². The van der Waals surface area contributed by atoms with Gasteiger partial charge in [0.2, 0.25) is 6.33 Å². The molecule has 0 saturated carbocycles. The lowest BCUT2D eigenvalue weighted by Gasteiger charge is -2.01. The number of nitrogens with two attached hydrogens (primary N) is 2. The van der Waals surface area contributed by atoms with Crippen LogP contribution in [0.25, 0.3) is 0 Å². The Hall–Kier alpha value is -1.47. The molecule has 0 saturated heterocycles. The summed E-state index contributed by atoms with van der Waals surface area (Å²) < 4.78 is 106. The van der Waals surface area contributed by atoms with E-state index in [0.717, 1.165) is 13.0 Å². The maximum Gasteiger partial charge on any atom is 0.511 e. The standard InChI is InChI=1S/C9H17N2O2.2CH2F3NO2S/c1-2-3-10-4-5-11(8-10)6-9(13)7-12;2*2-1(3,4)8(5,6)7/h4-5,8-9,12-13H,2-3,6-7H2,1H3;2*(H2,5,6,7)/q+1;;. The molecular weight excluding hydrogens is 462 g/mol. The van der Waals surface area contributed by atoms with E-state index in [-0.39, 0.29) is 6.61 Å². The highest BCUT2D eigenvalue weighted by atomic mass is 32.2. The number of aromatic nitrogens is 2. The van der Waals surface area contributed by atoms with Crippen LogP contribution >= 0.6 is 0 Å². The third kappa shape index (κ3) is 13.4. The van der Waals surface area contributed by atoms with Gasteiger partial charge in [0.05, 0.1) is 13.2 Å². The molecule has 0 fully saturated rings. The number of imidazole rings is 1. The zero-order valence-electron chi connectivity index (χ0n) is 14.8. The van der Waals surface area contributed by atoms with Crippen molar-refractivity contribution in [2.45, 2.75) is 43.6 Å². The van der Waals surface area contributed by atoms with Crippen molar-refractivity contribution in [3.05, 3.63) is 18.7 Å². The van der Waals surface area contributed by atoms with Crippen molar-refractivity contribution in [1.29, 1.82) is 0 Å². The third-order valence-electron chi connectivity index (χ3n) is 2.51.